The van der Waals surface area contributed by atoms with Crippen molar-refractivity contribution in [2.24, 2.45) is 0 Å². The van der Waals surface area contributed by atoms with Gasteiger partial charge in [-0.3, -0.25) is 10.1 Å². The highest BCUT2D eigenvalue weighted by Crippen LogP contribution is 2.22. The van der Waals surface area contributed by atoms with Crippen molar-refractivity contribution < 1.29 is 18.4 Å². The van der Waals surface area contributed by atoms with Gasteiger partial charge >= 0.3 is 0 Å². The van der Waals surface area contributed by atoms with E-state index in [9.17, 15) is 23.6 Å². The number of para-hydroxylation sites is 1. The van der Waals surface area contributed by atoms with E-state index in [-0.39, 0.29) is 11.3 Å². The molecule has 1 unspecified atom stereocenters. The number of thiol groups is 1. The Bertz CT molecular complexity index is 437. The number of nitro groups is 1. The van der Waals surface area contributed by atoms with Gasteiger partial charge < -0.3 is 5.11 Å². The Hall–Kier alpha value is -1.51. The van der Waals surface area contributed by atoms with Gasteiger partial charge in [-0.15, -0.1) is 0 Å². The summed E-state index contributed by atoms with van der Waals surface area (Å²) >= 11 is 0. The van der Waals surface area contributed by atoms with Gasteiger partial charge in [0.2, 0.25) is 10.9 Å². The first-order valence-electron chi connectivity index (χ1n) is 3.84. The molecule has 0 aliphatic heterocycles. The topological polar surface area (TPSA) is 110 Å². The van der Waals surface area contributed by atoms with Crippen LogP contribution in [-0.4, -0.2) is 18.4 Å². The first-order valence-corrected chi connectivity index (χ1v) is 5.02. The molecule has 0 saturated carbocycles. The monoisotopic (exact) mass is 232 g/mol. The van der Waals surface area contributed by atoms with E-state index >= 15 is 0 Å². The fraction of sp³-hybridized carbons (Fsp3) is 0.143. The largest absolute Gasteiger partial charge is 0.373 e. The van der Waals surface area contributed by atoms with Gasteiger partial charge in [0.1, 0.15) is 6.23 Å². The number of nitrogens with zero attached hydrogens (tertiary/aromatic N) is 1. The summed E-state index contributed by atoms with van der Waals surface area (Å²) in [6.07, 6.45) is -1.60. The zero-order valence-electron chi connectivity index (χ0n) is 7.36. The third-order valence-corrected chi connectivity index (χ3v) is 2.11. The number of aliphatic hydroxyl groups is 1. The number of benzene rings is 1. The maximum atomic E-state index is 10.5. The number of aliphatic hydroxyl groups excluding tert-OH is 1. The number of nitro benzene ring substituents is 1. The molecule has 1 aromatic carbocycles. The second kappa shape index (κ2) is 4.82. The Balaban J connectivity index is 3.07. The fourth-order valence-corrected chi connectivity index (χ4v) is 1.39. The molecule has 1 atom stereocenters. The van der Waals surface area contributed by atoms with Crippen molar-refractivity contribution in [3.63, 3.8) is 0 Å². The van der Waals surface area contributed by atoms with E-state index in [1.165, 1.54) is 24.3 Å². The number of hydrogen-bond donors (Lipinski definition) is 3. The van der Waals surface area contributed by atoms with E-state index in [4.69, 9.17) is 0 Å². The Morgan fingerprint density at radius 2 is 2.00 bits per heavy atom. The molecule has 7 nitrogen and oxygen atoms in total. The minimum absolute atomic E-state index is 0.0956. The number of rotatable bonds is 4. The summed E-state index contributed by atoms with van der Waals surface area (Å²) in [6.45, 7) is 0. The molecular formula is C7H8N2O5S. The third-order valence-electron chi connectivity index (χ3n) is 1.66. The molecule has 82 valence electrons. The van der Waals surface area contributed by atoms with Crippen molar-refractivity contribution in [3.8, 4) is 0 Å². The van der Waals surface area contributed by atoms with Gasteiger partial charge in [0, 0.05) is 6.07 Å². The van der Waals surface area contributed by atoms with E-state index in [0.29, 0.717) is 0 Å². The molecule has 1 rings (SSSR count). The zero-order valence-corrected chi connectivity index (χ0v) is 8.26. The summed E-state index contributed by atoms with van der Waals surface area (Å²) in [5.41, 5.74) is -0.434. The molecule has 2 N–H and O–H groups in total. The van der Waals surface area contributed by atoms with Crippen molar-refractivity contribution in [2.75, 3.05) is 0 Å². The molecule has 0 heterocycles. The normalized spacial score (nSPS) is 12.7. The molecule has 0 aromatic heterocycles. The summed E-state index contributed by atoms with van der Waals surface area (Å²) in [5, 5.41) is 19.8. The van der Waals surface area contributed by atoms with Crippen LogP contribution in [0, 0.1) is 10.1 Å². The average molecular weight is 232 g/mol. The van der Waals surface area contributed by atoms with Gasteiger partial charge in [0.05, 0.1) is 10.5 Å². The molecule has 8 heteroatoms. The van der Waals surface area contributed by atoms with Crippen LogP contribution >= 0.6 is 0 Å². The van der Waals surface area contributed by atoms with Crippen LogP contribution in [0.4, 0.5) is 5.69 Å². The van der Waals surface area contributed by atoms with Gasteiger partial charge in [0.25, 0.3) is 5.69 Å². The summed E-state index contributed by atoms with van der Waals surface area (Å²) in [4.78, 5) is 9.83. The fourth-order valence-electron chi connectivity index (χ4n) is 1.05. The lowest BCUT2D eigenvalue weighted by Crippen LogP contribution is -2.19. The van der Waals surface area contributed by atoms with E-state index < -0.39 is 22.0 Å². The Morgan fingerprint density at radius 1 is 1.40 bits per heavy atom. The zero-order chi connectivity index (χ0) is 11.4. The molecular weight excluding hydrogens is 224 g/mol. The van der Waals surface area contributed by atoms with E-state index in [1.54, 1.807) is 4.72 Å². The molecule has 0 fully saturated rings. The summed E-state index contributed by atoms with van der Waals surface area (Å²) < 4.78 is 22.3. The van der Waals surface area contributed by atoms with Gasteiger partial charge in [-0.1, -0.05) is 12.1 Å². The summed E-state index contributed by atoms with van der Waals surface area (Å²) in [6, 6.07) is 5.34. The summed E-state index contributed by atoms with van der Waals surface area (Å²) in [7, 11) is -3.02. The molecule has 0 spiro atoms. The maximum Gasteiger partial charge on any atom is 0.276 e. The van der Waals surface area contributed by atoms with Gasteiger partial charge in [-0.2, -0.15) is 4.72 Å². The Labute approximate surface area is 86.6 Å². The van der Waals surface area contributed by atoms with Gasteiger partial charge in [-0.25, -0.2) is 8.42 Å². The van der Waals surface area contributed by atoms with Crippen LogP contribution in [0.2, 0.25) is 0 Å². The van der Waals surface area contributed by atoms with Crippen LogP contribution in [0.1, 0.15) is 11.8 Å². The molecule has 1 aromatic rings. The SMILES string of the molecule is O=[N+]([O-])c1ccccc1C(O)N[SH](=O)=O. The van der Waals surface area contributed by atoms with Crippen LogP contribution in [-0.2, 0) is 10.9 Å². The number of hydrogen-bond acceptors (Lipinski definition) is 5. The minimum Gasteiger partial charge on any atom is -0.373 e. The predicted octanol–water partition coefficient (Wildman–Crippen LogP) is -0.298. The van der Waals surface area contributed by atoms with Crippen LogP contribution in [0.3, 0.4) is 0 Å². The van der Waals surface area contributed by atoms with Crippen molar-refractivity contribution in [2.45, 2.75) is 6.23 Å². The first-order chi connectivity index (χ1) is 7.02. The molecule has 0 radical (unpaired) electrons. The second-order valence-electron chi connectivity index (χ2n) is 2.60. The quantitative estimate of drug-likeness (QED) is 0.286. The third kappa shape index (κ3) is 2.98. The van der Waals surface area contributed by atoms with Crippen LogP contribution in [0.15, 0.2) is 24.3 Å². The minimum atomic E-state index is -3.02. The maximum absolute atomic E-state index is 10.5. The molecule has 0 bridgehead atoms. The van der Waals surface area contributed by atoms with Crippen LogP contribution in [0.5, 0.6) is 0 Å². The van der Waals surface area contributed by atoms with Crippen molar-refractivity contribution in [3.05, 3.63) is 39.9 Å². The van der Waals surface area contributed by atoms with E-state index in [0.717, 1.165) is 0 Å². The molecule has 15 heavy (non-hydrogen) atoms. The Morgan fingerprint density at radius 3 is 2.53 bits per heavy atom. The highest BCUT2D eigenvalue weighted by atomic mass is 32.2. The van der Waals surface area contributed by atoms with Crippen LogP contribution in [0.25, 0.3) is 0 Å². The lowest BCUT2D eigenvalue weighted by Gasteiger charge is -2.08. The predicted molar refractivity (Wildman–Crippen MR) is 51.5 cm³/mol. The molecule has 0 aliphatic rings. The first kappa shape index (κ1) is 11.6. The van der Waals surface area contributed by atoms with Gasteiger partial charge in [0.15, 0.2) is 0 Å². The summed E-state index contributed by atoms with van der Waals surface area (Å²) in [5.74, 6) is 0. The van der Waals surface area contributed by atoms with Crippen molar-refractivity contribution >= 4 is 16.6 Å². The van der Waals surface area contributed by atoms with E-state index in [1.807, 2.05) is 0 Å². The lowest BCUT2D eigenvalue weighted by molar-refractivity contribution is -0.386. The Kier molecular flexibility index (Phi) is 3.72. The average Bonchev–Trinajstić information content (AvgIpc) is 2.16. The van der Waals surface area contributed by atoms with Crippen molar-refractivity contribution in [1.29, 1.82) is 0 Å². The smallest absolute Gasteiger partial charge is 0.276 e. The molecule has 0 saturated heterocycles. The standard InChI is InChI=1S/C7H8N2O5S/c10-7(8-15(13)14)5-3-1-2-4-6(5)9(11)12/h1-4,7,10,15H,(H,8,13,14). The lowest BCUT2D eigenvalue weighted by atomic mass is 10.1. The molecule has 0 aliphatic carbocycles. The highest BCUT2D eigenvalue weighted by molar-refractivity contribution is 7.70. The van der Waals surface area contributed by atoms with Gasteiger partial charge in [-0.05, 0) is 6.07 Å². The van der Waals surface area contributed by atoms with E-state index in [2.05, 4.69) is 0 Å². The second-order valence-corrected chi connectivity index (χ2v) is 3.38. The van der Waals surface area contributed by atoms with Crippen molar-refractivity contribution in [1.82, 2.24) is 4.72 Å². The highest BCUT2D eigenvalue weighted by Gasteiger charge is 2.19. The number of nitrogens with one attached hydrogen (secondary N) is 1. The molecule has 0 amide bonds. The van der Waals surface area contributed by atoms with Crippen LogP contribution < -0.4 is 4.72 Å².